The summed E-state index contributed by atoms with van der Waals surface area (Å²) in [6.45, 7) is 4.35. The van der Waals surface area contributed by atoms with Gasteiger partial charge in [-0.15, -0.1) is 0 Å². The maximum Gasteiger partial charge on any atom is 0.234 e. The van der Waals surface area contributed by atoms with Crippen LogP contribution in [0.1, 0.15) is 50.5 Å². The van der Waals surface area contributed by atoms with Crippen LogP contribution in [0.4, 0.5) is 0 Å². The van der Waals surface area contributed by atoms with Crippen LogP contribution in [-0.4, -0.2) is 60.9 Å². The first-order chi connectivity index (χ1) is 13.7. The SMILES string of the molecule is O=C(CN1CCN(C(=O)CCCc2ccccc2)CC1)NCC1CCCCC1. The largest absolute Gasteiger partial charge is 0.355 e. The quantitative estimate of drug-likeness (QED) is 0.749. The van der Waals surface area contributed by atoms with Gasteiger partial charge in [-0.2, -0.15) is 0 Å². The molecule has 5 heteroatoms. The van der Waals surface area contributed by atoms with Crippen LogP contribution in [0, 0.1) is 5.92 Å². The highest BCUT2D eigenvalue weighted by molar-refractivity contribution is 5.78. The molecule has 2 amide bonds. The zero-order valence-corrected chi connectivity index (χ0v) is 17.1. The number of nitrogens with one attached hydrogen (secondary N) is 1. The van der Waals surface area contributed by atoms with Crippen molar-refractivity contribution < 1.29 is 9.59 Å². The number of nitrogens with zero attached hydrogens (tertiary/aromatic N) is 2. The second-order valence-electron chi connectivity index (χ2n) is 8.30. The average Bonchev–Trinajstić information content (AvgIpc) is 2.74. The summed E-state index contributed by atoms with van der Waals surface area (Å²) in [5.74, 6) is 1.05. The van der Waals surface area contributed by atoms with Gasteiger partial charge in [-0.25, -0.2) is 0 Å². The molecule has 28 heavy (non-hydrogen) atoms. The lowest BCUT2D eigenvalue weighted by Crippen LogP contribution is -2.51. The highest BCUT2D eigenvalue weighted by Gasteiger charge is 2.22. The summed E-state index contributed by atoms with van der Waals surface area (Å²) in [7, 11) is 0. The van der Waals surface area contributed by atoms with Crippen molar-refractivity contribution in [3.05, 3.63) is 35.9 Å². The predicted octanol–water partition coefficient (Wildman–Crippen LogP) is 2.85. The van der Waals surface area contributed by atoms with Crippen LogP contribution in [0.3, 0.4) is 0 Å². The Morgan fingerprint density at radius 2 is 1.68 bits per heavy atom. The highest BCUT2D eigenvalue weighted by Crippen LogP contribution is 2.22. The average molecular weight is 386 g/mol. The van der Waals surface area contributed by atoms with E-state index in [0.29, 0.717) is 18.9 Å². The first kappa shape index (κ1) is 20.8. The molecule has 1 aromatic rings. The van der Waals surface area contributed by atoms with Crippen LogP contribution in [0.15, 0.2) is 30.3 Å². The molecule has 2 aliphatic rings. The lowest BCUT2D eigenvalue weighted by molar-refractivity contribution is -0.133. The lowest BCUT2D eigenvalue weighted by Gasteiger charge is -2.34. The molecule has 1 heterocycles. The van der Waals surface area contributed by atoms with E-state index < -0.39 is 0 Å². The van der Waals surface area contributed by atoms with Crippen LogP contribution in [0.25, 0.3) is 0 Å². The summed E-state index contributed by atoms with van der Waals surface area (Å²) < 4.78 is 0. The summed E-state index contributed by atoms with van der Waals surface area (Å²) in [6, 6.07) is 10.3. The molecular formula is C23H35N3O2. The fourth-order valence-electron chi connectivity index (χ4n) is 4.31. The van der Waals surface area contributed by atoms with Crippen molar-refractivity contribution >= 4 is 11.8 Å². The Hall–Kier alpha value is -1.88. The van der Waals surface area contributed by atoms with Gasteiger partial charge in [-0.1, -0.05) is 49.6 Å². The molecule has 1 saturated carbocycles. The molecule has 5 nitrogen and oxygen atoms in total. The molecule has 1 aliphatic heterocycles. The number of hydrogen-bond donors (Lipinski definition) is 1. The van der Waals surface area contributed by atoms with Gasteiger partial charge in [0.15, 0.2) is 0 Å². The number of benzene rings is 1. The van der Waals surface area contributed by atoms with Crippen molar-refractivity contribution in [1.82, 2.24) is 15.1 Å². The molecule has 1 saturated heterocycles. The predicted molar refractivity (Wildman–Crippen MR) is 112 cm³/mol. The van der Waals surface area contributed by atoms with E-state index >= 15 is 0 Å². The van der Waals surface area contributed by atoms with Crippen LogP contribution in [0.5, 0.6) is 0 Å². The molecule has 0 atom stereocenters. The van der Waals surface area contributed by atoms with E-state index in [1.165, 1.54) is 37.7 Å². The fourth-order valence-corrected chi connectivity index (χ4v) is 4.31. The molecule has 1 N–H and O–H groups in total. The van der Waals surface area contributed by atoms with Crippen molar-refractivity contribution in [3.8, 4) is 0 Å². The van der Waals surface area contributed by atoms with Gasteiger partial charge in [0.1, 0.15) is 0 Å². The van der Waals surface area contributed by atoms with Gasteiger partial charge < -0.3 is 10.2 Å². The van der Waals surface area contributed by atoms with Crippen LogP contribution in [-0.2, 0) is 16.0 Å². The Bertz CT molecular complexity index is 606. The van der Waals surface area contributed by atoms with E-state index in [0.717, 1.165) is 45.6 Å². The zero-order valence-electron chi connectivity index (χ0n) is 17.1. The normalized spacial score (nSPS) is 18.8. The molecule has 3 rings (SSSR count). The standard InChI is InChI=1S/C23H35N3O2/c27-22(24-18-21-10-5-2-6-11-21)19-25-14-16-26(17-15-25)23(28)13-7-12-20-8-3-1-4-9-20/h1,3-4,8-9,21H,2,5-7,10-19H2,(H,24,27). The third-order valence-electron chi connectivity index (χ3n) is 6.10. The maximum absolute atomic E-state index is 12.4. The van der Waals surface area contributed by atoms with E-state index in [2.05, 4.69) is 22.3 Å². The van der Waals surface area contributed by atoms with E-state index in [-0.39, 0.29) is 11.8 Å². The van der Waals surface area contributed by atoms with Crippen molar-refractivity contribution in [2.45, 2.75) is 51.4 Å². The minimum atomic E-state index is 0.133. The number of piperazine rings is 1. The van der Waals surface area contributed by atoms with Gasteiger partial charge in [0.2, 0.25) is 11.8 Å². The second-order valence-corrected chi connectivity index (χ2v) is 8.30. The molecular weight excluding hydrogens is 350 g/mol. The summed E-state index contributed by atoms with van der Waals surface area (Å²) in [5, 5.41) is 3.12. The third-order valence-corrected chi connectivity index (χ3v) is 6.10. The first-order valence-corrected chi connectivity index (χ1v) is 11.0. The molecule has 0 radical (unpaired) electrons. The molecule has 2 fully saturated rings. The lowest BCUT2D eigenvalue weighted by atomic mass is 9.89. The number of hydrogen-bond acceptors (Lipinski definition) is 3. The van der Waals surface area contributed by atoms with Gasteiger partial charge in [0.05, 0.1) is 6.54 Å². The molecule has 1 aliphatic carbocycles. The zero-order chi connectivity index (χ0) is 19.6. The van der Waals surface area contributed by atoms with Crippen molar-refractivity contribution in [2.75, 3.05) is 39.3 Å². The Balaban J connectivity index is 1.28. The Labute approximate surface area is 169 Å². The number of rotatable bonds is 8. The number of aryl methyl sites for hydroxylation is 1. The van der Waals surface area contributed by atoms with E-state index in [1.807, 2.05) is 23.1 Å². The number of amides is 2. The van der Waals surface area contributed by atoms with Crippen LogP contribution in [0.2, 0.25) is 0 Å². The van der Waals surface area contributed by atoms with Crippen molar-refractivity contribution in [2.24, 2.45) is 5.92 Å². The first-order valence-electron chi connectivity index (χ1n) is 11.0. The van der Waals surface area contributed by atoms with Gasteiger partial charge in [-0.3, -0.25) is 14.5 Å². The molecule has 0 spiro atoms. The molecule has 0 unspecified atom stereocenters. The van der Waals surface area contributed by atoms with E-state index in [4.69, 9.17) is 0 Å². The van der Waals surface area contributed by atoms with Gasteiger partial charge in [-0.05, 0) is 37.2 Å². The molecule has 154 valence electrons. The van der Waals surface area contributed by atoms with Gasteiger partial charge in [0.25, 0.3) is 0 Å². The maximum atomic E-state index is 12.4. The summed E-state index contributed by atoms with van der Waals surface area (Å²) >= 11 is 0. The fraction of sp³-hybridized carbons (Fsp3) is 0.652. The Morgan fingerprint density at radius 3 is 2.39 bits per heavy atom. The summed E-state index contributed by atoms with van der Waals surface area (Å²) in [6.07, 6.45) is 8.93. The van der Waals surface area contributed by atoms with Crippen molar-refractivity contribution in [3.63, 3.8) is 0 Å². The van der Waals surface area contributed by atoms with Crippen molar-refractivity contribution in [1.29, 1.82) is 0 Å². The molecule has 1 aromatic carbocycles. The summed E-state index contributed by atoms with van der Waals surface area (Å²) in [4.78, 5) is 28.8. The monoisotopic (exact) mass is 385 g/mol. The number of carbonyl (C=O) groups excluding carboxylic acids is 2. The topological polar surface area (TPSA) is 52.7 Å². The minimum Gasteiger partial charge on any atom is -0.355 e. The highest BCUT2D eigenvalue weighted by atomic mass is 16.2. The second kappa shape index (κ2) is 11.2. The Morgan fingerprint density at radius 1 is 0.964 bits per heavy atom. The number of carbonyl (C=O) groups is 2. The molecule has 0 bridgehead atoms. The van der Waals surface area contributed by atoms with Gasteiger partial charge >= 0.3 is 0 Å². The summed E-state index contributed by atoms with van der Waals surface area (Å²) in [5.41, 5.74) is 1.29. The van der Waals surface area contributed by atoms with Gasteiger partial charge in [0, 0.05) is 39.1 Å². The Kier molecular flexibility index (Phi) is 8.34. The minimum absolute atomic E-state index is 0.133. The van der Waals surface area contributed by atoms with E-state index in [1.54, 1.807) is 0 Å². The molecule has 0 aromatic heterocycles. The van der Waals surface area contributed by atoms with Crippen LogP contribution >= 0.6 is 0 Å². The smallest absolute Gasteiger partial charge is 0.234 e. The van der Waals surface area contributed by atoms with E-state index in [9.17, 15) is 9.59 Å². The third kappa shape index (κ3) is 6.93. The van der Waals surface area contributed by atoms with Crippen LogP contribution < -0.4 is 5.32 Å².